The summed E-state index contributed by atoms with van der Waals surface area (Å²) in [5.74, 6) is 1.65. The normalized spacial score (nSPS) is 20.2. The molecule has 118 valence electrons. The van der Waals surface area contributed by atoms with E-state index in [2.05, 4.69) is 24.1 Å². The zero-order valence-corrected chi connectivity index (χ0v) is 14.3. The smallest absolute Gasteiger partial charge is 0.185 e. The molecular formula is C17H29N3S. The second kappa shape index (κ2) is 7.10. The van der Waals surface area contributed by atoms with Crippen molar-refractivity contribution in [2.75, 3.05) is 24.5 Å². The molecule has 0 atom stereocenters. The highest BCUT2D eigenvalue weighted by Crippen LogP contribution is 2.44. The highest BCUT2D eigenvalue weighted by atomic mass is 32.1. The van der Waals surface area contributed by atoms with Gasteiger partial charge in [0.25, 0.3) is 0 Å². The van der Waals surface area contributed by atoms with Gasteiger partial charge in [0.15, 0.2) is 5.13 Å². The van der Waals surface area contributed by atoms with Gasteiger partial charge >= 0.3 is 0 Å². The van der Waals surface area contributed by atoms with Crippen LogP contribution in [0.1, 0.15) is 68.9 Å². The third-order valence-corrected chi connectivity index (χ3v) is 5.86. The van der Waals surface area contributed by atoms with Gasteiger partial charge < -0.3 is 10.2 Å². The van der Waals surface area contributed by atoms with Crippen molar-refractivity contribution < 1.29 is 0 Å². The zero-order valence-electron chi connectivity index (χ0n) is 13.5. The number of nitrogens with one attached hydrogen (secondary N) is 1. The molecular weight excluding hydrogens is 278 g/mol. The first-order valence-electron chi connectivity index (χ1n) is 8.73. The molecule has 1 aromatic rings. The number of unbranched alkanes of at least 4 members (excludes halogenated alkanes) is 1. The van der Waals surface area contributed by atoms with Crippen LogP contribution in [0.3, 0.4) is 0 Å². The fourth-order valence-corrected chi connectivity index (χ4v) is 4.16. The average molecular weight is 308 g/mol. The Balaban J connectivity index is 1.64. The van der Waals surface area contributed by atoms with Gasteiger partial charge in [-0.3, -0.25) is 0 Å². The summed E-state index contributed by atoms with van der Waals surface area (Å²) >= 11 is 1.95. The molecule has 1 aliphatic heterocycles. The van der Waals surface area contributed by atoms with Crippen molar-refractivity contribution in [2.45, 2.75) is 64.8 Å². The summed E-state index contributed by atoms with van der Waals surface area (Å²) in [6.07, 6.45) is 7.88. The van der Waals surface area contributed by atoms with Crippen molar-refractivity contribution in [3.63, 3.8) is 0 Å². The Morgan fingerprint density at radius 3 is 2.67 bits per heavy atom. The van der Waals surface area contributed by atoms with Gasteiger partial charge in [0.2, 0.25) is 0 Å². The highest BCUT2D eigenvalue weighted by molar-refractivity contribution is 7.15. The molecule has 1 aromatic heterocycles. The number of nitrogens with zero attached hydrogens (tertiary/aromatic N) is 2. The number of anilines is 1. The molecule has 2 fully saturated rings. The van der Waals surface area contributed by atoms with Crippen LogP contribution in [0, 0.1) is 5.92 Å². The average Bonchev–Trinajstić information content (AvgIpc) is 3.25. The maximum atomic E-state index is 5.02. The van der Waals surface area contributed by atoms with Gasteiger partial charge in [-0.05, 0) is 44.6 Å². The van der Waals surface area contributed by atoms with E-state index < -0.39 is 0 Å². The molecule has 0 spiro atoms. The highest BCUT2D eigenvalue weighted by Gasteiger charge is 2.30. The first-order chi connectivity index (χ1) is 10.3. The van der Waals surface area contributed by atoms with Crippen LogP contribution in [0.5, 0.6) is 0 Å². The van der Waals surface area contributed by atoms with Crippen LogP contribution in [-0.4, -0.2) is 24.6 Å². The molecule has 3 rings (SSSR count). The first kappa shape index (κ1) is 15.3. The molecule has 1 N–H and O–H groups in total. The lowest BCUT2D eigenvalue weighted by Gasteiger charge is -2.29. The predicted octanol–water partition coefficient (Wildman–Crippen LogP) is 4.15. The van der Waals surface area contributed by atoms with Gasteiger partial charge in [0.05, 0.1) is 5.69 Å². The van der Waals surface area contributed by atoms with Crippen LogP contribution < -0.4 is 10.2 Å². The van der Waals surface area contributed by atoms with E-state index in [9.17, 15) is 0 Å². The second-order valence-electron chi connectivity index (χ2n) is 6.78. The van der Waals surface area contributed by atoms with Crippen LogP contribution in [0.2, 0.25) is 0 Å². The molecule has 3 nitrogen and oxygen atoms in total. The van der Waals surface area contributed by atoms with Gasteiger partial charge in [-0.25, -0.2) is 4.98 Å². The molecule has 0 radical (unpaired) electrons. The van der Waals surface area contributed by atoms with Gasteiger partial charge in [-0.2, -0.15) is 0 Å². The maximum absolute atomic E-state index is 5.02. The summed E-state index contributed by atoms with van der Waals surface area (Å²) in [5, 5.41) is 4.89. The molecule has 0 aromatic carbocycles. The lowest BCUT2D eigenvalue weighted by Crippen LogP contribution is -2.32. The molecule has 4 heteroatoms. The minimum absolute atomic E-state index is 0.765. The Bertz CT molecular complexity index is 445. The van der Waals surface area contributed by atoms with Crippen LogP contribution in [0.4, 0.5) is 5.13 Å². The van der Waals surface area contributed by atoms with Crippen molar-refractivity contribution in [3.05, 3.63) is 10.6 Å². The van der Waals surface area contributed by atoms with Crippen molar-refractivity contribution in [2.24, 2.45) is 5.92 Å². The van der Waals surface area contributed by atoms with Gasteiger partial charge in [-0.1, -0.05) is 20.3 Å². The van der Waals surface area contributed by atoms with Crippen LogP contribution in [-0.2, 0) is 6.54 Å². The van der Waals surface area contributed by atoms with Crippen LogP contribution >= 0.6 is 11.3 Å². The van der Waals surface area contributed by atoms with Crippen molar-refractivity contribution in [1.29, 1.82) is 0 Å². The number of hydrogen-bond acceptors (Lipinski definition) is 4. The molecule has 1 aliphatic carbocycles. The number of aromatic nitrogens is 1. The van der Waals surface area contributed by atoms with Crippen molar-refractivity contribution >= 4 is 16.5 Å². The van der Waals surface area contributed by atoms with E-state index in [-0.39, 0.29) is 0 Å². The summed E-state index contributed by atoms with van der Waals surface area (Å²) < 4.78 is 0. The number of piperidine rings is 1. The lowest BCUT2D eigenvalue weighted by atomic mass is 10.00. The molecule has 1 saturated carbocycles. The summed E-state index contributed by atoms with van der Waals surface area (Å²) in [4.78, 5) is 9.05. The minimum atomic E-state index is 0.765. The van der Waals surface area contributed by atoms with E-state index >= 15 is 0 Å². The third kappa shape index (κ3) is 3.98. The van der Waals surface area contributed by atoms with Gasteiger partial charge in [0, 0.05) is 30.4 Å². The van der Waals surface area contributed by atoms with Crippen molar-refractivity contribution in [1.82, 2.24) is 10.3 Å². The summed E-state index contributed by atoms with van der Waals surface area (Å²) in [7, 11) is 0. The van der Waals surface area contributed by atoms with E-state index in [0.717, 1.165) is 24.9 Å². The summed E-state index contributed by atoms with van der Waals surface area (Å²) in [6, 6.07) is 0. The standard InChI is InChI=1S/C17H29N3S/c1-3-4-9-18-12-15-16(14-5-6-14)19-17(21-15)20-10-7-13(2)8-11-20/h13-14,18H,3-12H2,1-2H3. The van der Waals surface area contributed by atoms with Crippen LogP contribution in [0.15, 0.2) is 0 Å². The monoisotopic (exact) mass is 307 g/mol. The molecule has 21 heavy (non-hydrogen) atoms. The number of thiazole rings is 1. The van der Waals surface area contributed by atoms with E-state index in [0.29, 0.717) is 0 Å². The SMILES string of the molecule is CCCCNCc1sc(N2CCC(C)CC2)nc1C1CC1. The van der Waals surface area contributed by atoms with E-state index in [1.165, 1.54) is 67.3 Å². The number of rotatable bonds is 7. The fraction of sp³-hybridized carbons (Fsp3) is 0.824. The zero-order chi connectivity index (χ0) is 14.7. The Morgan fingerprint density at radius 1 is 1.24 bits per heavy atom. The second-order valence-corrected chi connectivity index (χ2v) is 7.84. The quantitative estimate of drug-likeness (QED) is 0.767. The molecule has 1 saturated heterocycles. The Labute approximate surface area is 133 Å². The first-order valence-corrected chi connectivity index (χ1v) is 9.54. The maximum Gasteiger partial charge on any atom is 0.185 e. The van der Waals surface area contributed by atoms with Gasteiger partial charge in [0.1, 0.15) is 0 Å². The van der Waals surface area contributed by atoms with E-state index in [1.54, 1.807) is 0 Å². The Morgan fingerprint density at radius 2 is 2.00 bits per heavy atom. The van der Waals surface area contributed by atoms with Crippen molar-refractivity contribution in [3.8, 4) is 0 Å². The van der Waals surface area contributed by atoms with E-state index in [1.807, 2.05) is 11.3 Å². The summed E-state index contributed by atoms with van der Waals surface area (Å²) in [6.45, 7) is 9.17. The van der Waals surface area contributed by atoms with Gasteiger partial charge in [-0.15, -0.1) is 11.3 Å². The molecule has 0 amide bonds. The number of hydrogen-bond donors (Lipinski definition) is 1. The largest absolute Gasteiger partial charge is 0.348 e. The Kier molecular flexibility index (Phi) is 5.17. The Hall–Kier alpha value is -0.610. The summed E-state index contributed by atoms with van der Waals surface area (Å²) in [5.41, 5.74) is 1.41. The lowest BCUT2D eigenvalue weighted by molar-refractivity contribution is 0.438. The van der Waals surface area contributed by atoms with Crippen LogP contribution in [0.25, 0.3) is 0 Å². The molecule has 2 aliphatic rings. The molecule has 0 bridgehead atoms. The minimum Gasteiger partial charge on any atom is -0.348 e. The topological polar surface area (TPSA) is 28.2 Å². The molecule has 0 unspecified atom stereocenters. The third-order valence-electron chi connectivity index (χ3n) is 4.73. The fourth-order valence-electron chi connectivity index (χ4n) is 2.99. The predicted molar refractivity (Wildman–Crippen MR) is 91.3 cm³/mol. The molecule has 2 heterocycles. The van der Waals surface area contributed by atoms with E-state index in [4.69, 9.17) is 4.98 Å².